The van der Waals surface area contributed by atoms with Gasteiger partial charge in [0.05, 0.1) is 6.10 Å². The van der Waals surface area contributed by atoms with E-state index in [4.69, 9.17) is 4.43 Å². The van der Waals surface area contributed by atoms with E-state index < -0.39 is 8.32 Å². The molecule has 0 spiro atoms. The maximum Gasteiger partial charge on any atom is 0.192 e. The third kappa shape index (κ3) is 6.71. The molecule has 0 aliphatic rings. The standard InChI is InChI=1S/C15H32O2Si/c1-8-10-14(16)12-9-11-13(2)17-18(6,7)15(3,4)5/h8,13-14,16H,1,9-12H2,2-7H3/t13-,14+/m0/s1. The molecular weight excluding hydrogens is 240 g/mol. The van der Waals surface area contributed by atoms with E-state index in [1.165, 1.54) is 0 Å². The topological polar surface area (TPSA) is 29.5 Å². The van der Waals surface area contributed by atoms with Gasteiger partial charge in [0.15, 0.2) is 8.32 Å². The second-order valence-electron chi connectivity index (χ2n) is 6.80. The van der Waals surface area contributed by atoms with Crippen molar-refractivity contribution in [3.05, 3.63) is 12.7 Å². The third-order valence-electron chi connectivity index (χ3n) is 3.89. The summed E-state index contributed by atoms with van der Waals surface area (Å²) in [4.78, 5) is 0. The first-order valence-corrected chi connectivity index (χ1v) is 9.97. The molecular formula is C15H32O2Si. The van der Waals surface area contributed by atoms with Crippen LogP contribution in [0, 0.1) is 0 Å². The summed E-state index contributed by atoms with van der Waals surface area (Å²) in [5.74, 6) is 0. The van der Waals surface area contributed by atoms with Gasteiger partial charge in [-0.2, -0.15) is 0 Å². The van der Waals surface area contributed by atoms with Crippen LogP contribution in [0.5, 0.6) is 0 Å². The summed E-state index contributed by atoms with van der Waals surface area (Å²) in [5.41, 5.74) is 0. The fourth-order valence-corrected chi connectivity index (χ4v) is 3.17. The summed E-state index contributed by atoms with van der Waals surface area (Å²) in [6.07, 6.45) is 5.42. The van der Waals surface area contributed by atoms with Crippen LogP contribution in [-0.2, 0) is 4.43 Å². The first-order valence-electron chi connectivity index (χ1n) is 7.07. The van der Waals surface area contributed by atoms with E-state index >= 15 is 0 Å². The third-order valence-corrected chi connectivity index (χ3v) is 8.49. The van der Waals surface area contributed by atoms with Crippen molar-refractivity contribution in [1.82, 2.24) is 0 Å². The fourth-order valence-electron chi connectivity index (χ4n) is 1.69. The Hall–Kier alpha value is -0.123. The lowest BCUT2D eigenvalue weighted by molar-refractivity contribution is 0.146. The molecule has 0 bridgehead atoms. The van der Waals surface area contributed by atoms with Gasteiger partial charge < -0.3 is 9.53 Å². The number of hydrogen-bond acceptors (Lipinski definition) is 2. The first kappa shape index (κ1) is 17.9. The predicted octanol–water partition coefficient (Wildman–Crippen LogP) is 4.50. The van der Waals surface area contributed by atoms with Gasteiger partial charge in [0.25, 0.3) is 0 Å². The molecule has 0 heterocycles. The van der Waals surface area contributed by atoms with Crippen molar-refractivity contribution >= 4 is 8.32 Å². The lowest BCUT2D eigenvalue weighted by Gasteiger charge is -2.38. The Kier molecular flexibility index (Phi) is 7.41. The van der Waals surface area contributed by atoms with E-state index in [9.17, 15) is 5.11 Å². The molecule has 0 amide bonds. The number of rotatable bonds is 8. The monoisotopic (exact) mass is 272 g/mol. The van der Waals surface area contributed by atoms with Gasteiger partial charge >= 0.3 is 0 Å². The quantitative estimate of drug-likeness (QED) is 0.520. The molecule has 0 aromatic heterocycles. The Morgan fingerprint density at radius 3 is 2.28 bits per heavy atom. The molecule has 0 aliphatic heterocycles. The minimum atomic E-state index is -1.64. The zero-order valence-corrected chi connectivity index (χ0v) is 14.1. The van der Waals surface area contributed by atoms with Crippen LogP contribution in [0.15, 0.2) is 12.7 Å². The second-order valence-corrected chi connectivity index (χ2v) is 11.6. The van der Waals surface area contributed by atoms with Crippen molar-refractivity contribution < 1.29 is 9.53 Å². The molecule has 0 fully saturated rings. The Morgan fingerprint density at radius 1 is 1.28 bits per heavy atom. The average molecular weight is 273 g/mol. The molecule has 0 saturated heterocycles. The summed E-state index contributed by atoms with van der Waals surface area (Å²) in [6, 6.07) is 0. The highest BCUT2D eigenvalue weighted by atomic mass is 28.4. The van der Waals surface area contributed by atoms with Crippen molar-refractivity contribution in [3.63, 3.8) is 0 Å². The minimum absolute atomic E-state index is 0.234. The van der Waals surface area contributed by atoms with Crippen LogP contribution in [0.2, 0.25) is 18.1 Å². The van der Waals surface area contributed by atoms with Crippen LogP contribution in [-0.4, -0.2) is 25.6 Å². The van der Waals surface area contributed by atoms with Gasteiger partial charge in [-0.15, -0.1) is 6.58 Å². The van der Waals surface area contributed by atoms with Crippen LogP contribution in [0.4, 0.5) is 0 Å². The van der Waals surface area contributed by atoms with Gasteiger partial charge in [-0.05, 0) is 50.7 Å². The molecule has 0 aliphatic carbocycles. The van der Waals surface area contributed by atoms with Crippen molar-refractivity contribution in [2.45, 2.75) is 83.7 Å². The smallest absolute Gasteiger partial charge is 0.192 e. The molecule has 18 heavy (non-hydrogen) atoms. The Morgan fingerprint density at radius 2 is 1.83 bits per heavy atom. The highest BCUT2D eigenvalue weighted by molar-refractivity contribution is 6.74. The molecule has 0 aromatic carbocycles. The SMILES string of the molecule is C=CC[C@@H](O)CCC[C@H](C)O[Si](C)(C)C(C)(C)C. The van der Waals surface area contributed by atoms with E-state index in [1.807, 2.05) is 0 Å². The number of aliphatic hydroxyl groups is 1. The minimum Gasteiger partial charge on any atom is -0.414 e. The number of aliphatic hydroxyl groups excluding tert-OH is 1. The van der Waals surface area contributed by atoms with Crippen LogP contribution in [0.3, 0.4) is 0 Å². The maximum absolute atomic E-state index is 9.62. The van der Waals surface area contributed by atoms with Crippen molar-refractivity contribution in [1.29, 1.82) is 0 Å². The fraction of sp³-hybridized carbons (Fsp3) is 0.867. The Balaban J connectivity index is 3.98. The maximum atomic E-state index is 9.62. The molecule has 2 atom stereocenters. The zero-order chi connectivity index (χ0) is 14.4. The van der Waals surface area contributed by atoms with E-state index in [0.29, 0.717) is 12.5 Å². The Labute approximate surface area is 115 Å². The summed E-state index contributed by atoms with van der Waals surface area (Å²) >= 11 is 0. The van der Waals surface area contributed by atoms with Gasteiger partial charge in [0.2, 0.25) is 0 Å². The highest BCUT2D eigenvalue weighted by Gasteiger charge is 2.38. The Bertz CT molecular complexity index is 243. The van der Waals surface area contributed by atoms with Crippen molar-refractivity contribution in [3.8, 4) is 0 Å². The van der Waals surface area contributed by atoms with E-state index in [-0.39, 0.29) is 11.1 Å². The number of hydrogen-bond donors (Lipinski definition) is 1. The summed E-state index contributed by atoms with van der Waals surface area (Å²) in [7, 11) is -1.64. The molecule has 0 rings (SSSR count). The highest BCUT2D eigenvalue weighted by Crippen LogP contribution is 2.37. The average Bonchev–Trinajstić information content (AvgIpc) is 2.15. The molecule has 0 saturated carbocycles. The largest absolute Gasteiger partial charge is 0.414 e. The second kappa shape index (κ2) is 7.46. The van der Waals surface area contributed by atoms with E-state index in [2.05, 4.69) is 47.4 Å². The van der Waals surface area contributed by atoms with Crippen LogP contribution in [0.1, 0.15) is 53.4 Å². The molecule has 3 heteroatoms. The molecule has 0 unspecified atom stereocenters. The molecule has 1 N–H and O–H groups in total. The van der Waals surface area contributed by atoms with Crippen LogP contribution >= 0.6 is 0 Å². The molecule has 2 nitrogen and oxygen atoms in total. The van der Waals surface area contributed by atoms with Crippen LogP contribution in [0.25, 0.3) is 0 Å². The van der Waals surface area contributed by atoms with Crippen molar-refractivity contribution in [2.24, 2.45) is 0 Å². The van der Waals surface area contributed by atoms with Gasteiger partial charge in [-0.25, -0.2) is 0 Å². The van der Waals surface area contributed by atoms with Gasteiger partial charge in [0, 0.05) is 6.10 Å². The lowest BCUT2D eigenvalue weighted by Crippen LogP contribution is -2.43. The van der Waals surface area contributed by atoms with Crippen molar-refractivity contribution in [2.75, 3.05) is 0 Å². The van der Waals surface area contributed by atoms with E-state index in [1.54, 1.807) is 6.08 Å². The van der Waals surface area contributed by atoms with Crippen LogP contribution < -0.4 is 0 Å². The molecule has 0 radical (unpaired) electrons. The van der Waals surface area contributed by atoms with E-state index in [0.717, 1.165) is 19.3 Å². The zero-order valence-electron chi connectivity index (χ0n) is 13.1. The van der Waals surface area contributed by atoms with Gasteiger partial charge in [0.1, 0.15) is 0 Å². The normalized spacial score (nSPS) is 16.4. The summed E-state index contributed by atoms with van der Waals surface area (Å²) in [5, 5.41) is 9.89. The molecule has 0 aromatic rings. The summed E-state index contributed by atoms with van der Waals surface area (Å²) in [6.45, 7) is 17.2. The molecule has 108 valence electrons. The first-order chi connectivity index (χ1) is 8.10. The lowest BCUT2D eigenvalue weighted by atomic mass is 10.1. The summed E-state index contributed by atoms with van der Waals surface area (Å²) < 4.78 is 6.28. The van der Waals surface area contributed by atoms with Gasteiger partial charge in [-0.3, -0.25) is 0 Å². The van der Waals surface area contributed by atoms with Gasteiger partial charge in [-0.1, -0.05) is 26.8 Å². The predicted molar refractivity (Wildman–Crippen MR) is 82.4 cm³/mol.